The molecule has 0 atom stereocenters. The highest BCUT2D eigenvalue weighted by atomic mass is 16.5. The molecule has 1 aliphatic heterocycles. The number of rotatable bonds is 6. The number of ether oxygens (including phenoxy) is 2. The van der Waals surface area contributed by atoms with E-state index in [1.54, 1.807) is 56.7 Å². The van der Waals surface area contributed by atoms with Gasteiger partial charge in [0, 0.05) is 30.4 Å². The summed E-state index contributed by atoms with van der Waals surface area (Å²) >= 11 is 0. The van der Waals surface area contributed by atoms with E-state index in [2.05, 4.69) is 12.2 Å². The van der Waals surface area contributed by atoms with Gasteiger partial charge in [0.25, 0.3) is 5.91 Å². The van der Waals surface area contributed by atoms with Crippen molar-refractivity contribution in [2.24, 2.45) is 5.92 Å². The molecule has 2 aromatic rings. The lowest BCUT2D eigenvalue weighted by Gasteiger charge is -2.30. The van der Waals surface area contributed by atoms with Gasteiger partial charge in [0.2, 0.25) is 5.91 Å². The van der Waals surface area contributed by atoms with E-state index in [0.717, 1.165) is 31.5 Å². The molecule has 0 aliphatic carbocycles. The van der Waals surface area contributed by atoms with Crippen molar-refractivity contribution in [2.45, 2.75) is 19.8 Å². The average Bonchev–Trinajstić information content (AvgIpc) is 2.78. The first kappa shape index (κ1) is 21.4. The molecule has 2 aromatic carbocycles. The summed E-state index contributed by atoms with van der Waals surface area (Å²) in [6.45, 7) is 3.83. The van der Waals surface area contributed by atoms with E-state index in [0.29, 0.717) is 28.7 Å². The minimum Gasteiger partial charge on any atom is -0.493 e. The van der Waals surface area contributed by atoms with Crippen LogP contribution in [0.25, 0.3) is 6.08 Å². The Morgan fingerprint density at radius 2 is 1.67 bits per heavy atom. The van der Waals surface area contributed by atoms with E-state index < -0.39 is 0 Å². The summed E-state index contributed by atoms with van der Waals surface area (Å²) in [5.74, 6) is 1.71. The summed E-state index contributed by atoms with van der Waals surface area (Å²) in [7, 11) is 3.14. The Labute approximate surface area is 177 Å². The number of piperidine rings is 1. The predicted molar refractivity (Wildman–Crippen MR) is 118 cm³/mol. The summed E-state index contributed by atoms with van der Waals surface area (Å²) in [5.41, 5.74) is 2.10. The van der Waals surface area contributed by atoms with Crippen LogP contribution in [0.1, 0.15) is 35.7 Å². The van der Waals surface area contributed by atoms with Crippen LogP contribution in [0.15, 0.2) is 48.5 Å². The van der Waals surface area contributed by atoms with Crippen molar-refractivity contribution in [2.75, 3.05) is 32.6 Å². The molecule has 0 bridgehead atoms. The van der Waals surface area contributed by atoms with Crippen molar-refractivity contribution < 1.29 is 19.1 Å². The maximum atomic E-state index is 12.6. The quantitative estimate of drug-likeness (QED) is 0.727. The van der Waals surface area contributed by atoms with Crippen LogP contribution >= 0.6 is 0 Å². The van der Waals surface area contributed by atoms with E-state index in [9.17, 15) is 9.59 Å². The number of likely N-dealkylation sites (tertiary alicyclic amines) is 1. The molecule has 3 rings (SSSR count). The number of hydrogen-bond acceptors (Lipinski definition) is 4. The van der Waals surface area contributed by atoms with Gasteiger partial charge in [-0.1, -0.05) is 13.0 Å². The third-order valence-corrected chi connectivity index (χ3v) is 5.30. The highest BCUT2D eigenvalue weighted by Gasteiger charge is 2.21. The topological polar surface area (TPSA) is 67.9 Å². The van der Waals surface area contributed by atoms with Gasteiger partial charge in [0.05, 0.1) is 14.2 Å². The van der Waals surface area contributed by atoms with E-state index >= 15 is 0 Å². The van der Waals surface area contributed by atoms with Crippen LogP contribution in [0.3, 0.4) is 0 Å². The molecule has 1 N–H and O–H groups in total. The van der Waals surface area contributed by atoms with Crippen molar-refractivity contribution in [1.29, 1.82) is 0 Å². The van der Waals surface area contributed by atoms with Gasteiger partial charge >= 0.3 is 0 Å². The molecule has 0 aromatic heterocycles. The normalized spacial score (nSPS) is 14.6. The Hall–Kier alpha value is -3.28. The molecule has 1 heterocycles. The fourth-order valence-corrected chi connectivity index (χ4v) is 3.40. The van der Waals surface area contributed by atoms with E-state index in [-0.39, 0.29) is 11.8 Å². The summed E-state index contributed by atoms with van der Waals surface area (Å²) in [5, 5.41) is 2.81. The predicted octanol–water partition coefficient (Wildman–Crippen LogP) is 4.23. The second-order valence-electron chi connectivity index (χ2n) is 7.49. The number of carbonyl (C=O) groups excluding carboxylic acids is 2. The molecule has 0 unspecified atom stereocenters. The Bertz CT molecular complexity index is 913. The fourth-order valence-electron chi connectivity index (χ4n) is 3.40. The SMILES string of the molecule is COc1ccc(/C=C/C(=O)Nc2ccc(C(=O)N3CCC(C)CC3)cc2)cc1OC. The van der Waals surface area contributed by atoms with Gasteiger partial charge in [-0.25, -0.2) is 0 Å². The van der Waals surface area contributed by atoms with E-state index in [1.807, 2.05) is 11.0 Å². The number of amides is 2. The summed E-state index contributed by atoms with van der Waals surface area (Å²) < 4.78 is 10.5. The minimum atomic E-state index is -0.256. The first-order chi connectivity index (χ1) is 14.5. The first-order valence-electron chi connectivity index (χ1n) is 10.1. The maximum Gasteiger partial charge on any atom is 0.253 e. The zero-order chi connectivity index (χ0) is 21.5. The Morgan fingerprint density at radius 3 is 2.30 bits per heavy atom. The summed E-state index contributed by atoms with van der Waals surface area (Å²) in [4.78, 5) is 26.7. The van der Waals surface area contributed by atoms with Gasteiger partial charge in [-0.3, -0.25) is 9.59 Å². The van der Waals surface area contributed by atoms with Crippen LogP contribution < -0.4 is 14.8 Å². The number of anilines is 1. The van der Waals surface area contributed by atoms with Gasteiger partial charge < -0.3 is 19.7 Å². The highest BCUT2D eigenvalue weighted by molar-refractivity contribution is 6.02. The van der Waals surface area contributed by atoms with Gasteiger partial charge in [0.15, 0.2) is 11.5 Å². The molecule has 0 saturated carbocycles. The molecule has 2 amide bonds. The smallest absolute Gasteiger partial charge is 0.253 e. The third kappa shape index (κ3) is 5.41. The Morgan fingerprint density at radius 1 is 1.00 bits per heavy atom. The van der Waals surface area contributed by atoms with Gasteiger partial charge in [-0.05, 0) is 66.8 Å². The zero-order valence-corrected chi connectivity index (χ0v) is 17.7. The van der Waals surface area contributed by atoms with Crippen molar-refractivity contribution in [3.8, 4) is 11.5 Å². The van der Waals surface area contributed by atoms with Crippen LogP contribution in [0.2, 0.25) is 0 Å². The number of benzene rings is 2. The van der Waals surface area contributed by atoms with E-state index in [4.69, 9.17) is 9.47 Å². The molecule has 1 fully saturated rings. The largest absolute Gasteiger partial charge is 0.493 e. The van der Waals surface area contributed by atoms with E-state index in [1.165, 1.54) is 6.08 Å². The lowest BCUT2D eigenvalue weighted by Crippen LogP contribution is -2.37. The summed E-state index contributed by atoms with van der Waals surface area (Å²) in [6.07, 6.45) is 5.25. The fraction of sp³-hybridized carbons (Fsp3) is 0.333. The number of nitrogens with zero attached hydrogens (tertiary/aromatic N) is 1. The number of hydrogen-bond donors (Lipinski definition) is 1. The van der Waals surface area contributed by atoms with Crippen LogP contribution in [-0.4, -0.2) is 44.0 Å². The summed E-state index contributed by atoms with van der Waals surface area (Å²) in [6, 6.07) is 12.4. The number of nitrogens with one attached hydrogen (secondary N) is 1. The van der Waals surface area contributed by atoms with Gasteiger partial charge in [-0.15, -0.1) is 0 Å². The average molecular weight is 408 g/mol. The van der Waals surface area contributed by atoms with Gasteiger partial charge in [-0.2, -0.15) is 0 Å². The second kappa shape index (κ2) is 9.96. The molecule has 1 saturated heterocycles. The lowest BCUT2D eigenvalue weighted by atomic mass is 9.98. The van der Waals surface area contributed by atoms with Crippen LogP contribution in [-0.2, 0) is 4.79 Å². The molecule has 6 nitrogen and oxygen atoms in total. The third-order valence-electron chi connectivity index (χ3n) is 5.30. The van der Waals surface area contributed by atoms with Crippen LogP contribution in [0.5, 0.6) is 11.5 Å². The second-order valence-corrected chi connectivity index (χ2v) is 7.49. The van der Waals surface area contributed by atoms with Gasteiger partial charge in [0.1, 0.15) is 0 Å². The molecular formula is C24H28N2O4. The molecule has 30 heavy (non-hydrogen) atoms. The van der Waals surface area contributed by atoms with Crippen LogP contribution in [0, 0.1) is 5.92 Å². The van der Waals surface area contributed by atoms with Crippen molar-refractivity contribution in [1.82, 2.24) is 4.90 Å². The lowest BCUT2D eigenvalue weighted by molar-refractivity contribution is -0.111. The minimum absolute atomic E-state index is 0.0492. The first-order valence-corrected chi connectivity index (χ1v) is 10.1. The zero-order valence-electron chi connectivity index (χ0n) is 17.7. The Balaban J connectivity index is 1.58. The highest BCUT2D eigenvalue weighted by Crippen LogP contribution is 2.28. The molecule has 1 aliphatic rings. The standard InChI is InChI=1S/C24H28N2O4/c1-17-12-14-26(15-13-17)24(28)19-6-8-20(9-7-19)25-23(27)11-5-18-4-10-21(29-2)22(16-18)30-3/h4-11,16-17H,12-15H2,1-3H3,(H,25,27)/b11-5+. The Kier molecular flexibility index (Phi) is 7.12. The maximum absolute atomic E-state index is 12.6. The molecular weight excluding hydrogens is 380 g/mol. The monoisotopic (exact) mass is 408 g/mol. The van der Waals surface area contributed by atoms with Crippen molar-refractivity contribution in [3.05, 3.63) is 59.7 Å². The number of carbonyl (C=O) groups is 2. The molecule has 0 radical (unpaired) electrons. The molecule has 0 spiro atoms. The van der Waals surface area contributed by atoms with Crippen molar-refractivity contribution >= 4 is 23.6 Å². The van der Waals surface area contributed by atoms with Crippen molar-refractivity contribution in [3.63, 3.8) is 0 Å². The molecule has 158 valence electrons. The number of methoxy groups -OCH3 is 2. The van der Waals surface area contributed by atoms with Crippen LogP contribution in [0.4, 0.5) is 5.69 Å². The molecule has 6 heteroatoms.